The van der Waals surface area contributed by atoms with Gasteiger partial charge in [0.05, 0.1) is 5.56 Å². The first kappa shape index (κ1) is 16.0. The van der Waals surface area contributed by atoms with Gasteiger partial charge >= 0.3 is 0 Å². The summed E-state index contributed by atoms with van der Waals surface area (Å²) in [4.78, 5) is 23.9. The van der Waals surface area contributed by atoms with E-state index in [2.05, 4.69) is 26.6 Å². The van der Waals surface area contributed by atoms with E-state index >= 15 is 0 Å². The second kappa shape index (κ2) is 8.22. The summed E-state index contributed by atoms with van der Waals surface area (Å²) in [6.45, 7) is 0. The topological polar surface area (TPSA) is 58.2 Å². The summed E-state index contributed by atoms with van der Waals surface area (Å²) in [5.41, 5.74) is 0.528. The Bertz CT molecular complexity index is 454. The van der Waals surface area contributed by atoms with E-state index in [1.807, 2.05) is 12.3 Å². The maximum absolute atomic E-state index is 12.1. The molecule has 2 amide bonds. The van der Waals surface area contributed by atoms with Crippen molar-refractivity contribution in [2.24, 2.45) is 0 Å². The van der Waals surface area contributed by atoms with Gasteiger partial charge in [0.15, 0.2) is 0 Å². The Hall–Kier alpha value is -1.01. The quantitative estimate of drug-likeness (QED) is 0.830. The number of hydrogen-bond donors (Lipinski definition) is 2. The van der Waals surface area contributed by atoms with Crippen LogP contribution < -0.4 is 10.6 Å². The number of benzene rings is 1. The van der Waals surface area contributed by atoms with Gasteiger partial charge in [-0.15, -0.1) is 0 Å². The molecule has 0 fully saturated rings. The van der Waals surface area contributed by atoms with Gasteiger partial charge in [0.2, 0.25) is 5.91 Å². The fraction of sp³-hybridized carbons (Fsp3) is 0.385. The maximum Gasteiger partial charge on any atom is 0.253 e. The molecule has 104 valence electrons. The van der Waals surface area contributed by atoms with Crippen molar-refractivity contribution in [2.75, 3.05) is 19.1 Å². The van der Waals surface area contributed by atoms with Crippen molar-refractivity contribution in [1.82, 2.24) is 10.6 Å². The van der Waals surface area contributed by atoms with Gasteiger partial charge in [-0.2, -0.15) is 11.8 Å². The van der Waals surface area contributed by atoms with E-state index in [4.69, 9.17) is 0 Å². The third kappa shape index (κ3) is 4.87. The van der Waals surface area contributed by atoms with Gasteiger partial charge in [0, 0.05) is 11.5 Å². The summed E-state index contributed by atoms with van der Waals surface area (Å²) in [7, 11) is 1.57. The van der Waals surface area contributed by atoms with E-state index < -0.39 is 6.04 Å². The van der Waals surface area contributed by atoms with Crippen LogP contribution in [0.15, 0.2) is 28.7 Å². The minimum Gasteiger partial charge on any atom is -0.357 e. The largest absolute Gasteiger partial charge is 0.357 e. The summed E-state index contributed by atoms with van der Waals surface area (Å²) in [5.74, 6) is 0.394. The number of carbonyl (C=O) groups is 2. The highest BCUT2D eigenvalue weighted by molar-refractivity contribution is 9.10. The van der Waals surface area contributed by atoms with Crippen LogP contribution in [0.3, 0.4) is 0 Å². The molecule has 0 radical (unpaired) electrons. The molecule has 0 aliphatic heterocycles. The van der Waals surface area contributed by atoms with E-state index in [0.717, 1.165) is 5.75 Å². The zero-order valence-corrected chi connectivity index (χ0v) is 13.3. The van der Waals surface area contributed by atoms with Crippen molar-refractivity contribution in [3.8, 4) is 0 Å². The second-order valence-electron chi connectivity index (χ2n) is 3.90. The molecule has 19 heavy (non-hydrogen) atoms. The lowest BCUT2D eigenvalue weighted by Crippen LogP contribution is -2.46. The first-order valence-corrected chi connectivity index (χ1v) is 8.04. The minimum absolute atomic E-state index is 0.172. The standard InChI is InChI=1S/C13H17BrN2O2S/c1-15-13(18)11(7-8-19-2)16-12(17)9-5-3-4-6-10(9)14/h3-6,11H,7-8H2,1-2H3,(H,15,18)(H,16,17). The van der Waals surface area contributed by atoms with Gasteiger partial charge in [0.1, 0.15) is 6.04 Å². The number of hydrogen-bond acceptors (Lipinski definition) is 3. The van der Waals surface area contributed by atoms with E-state index in [0.29, 0.717) is 16.5 Å². The highest BCUT2D eigenvalue weighted by Crippen LogP contribution is 2.16. The van der Waals surface area contributed by atoms with Crippen molar-refractivity contribution in [2.45, 2.75) is 12.5 Å². The molecule has 0 bridgehead atoms. The van der Waals surface area contributed by atoms with Gasteiger partial charge in [-0.05, 0) is 46.5 Å². The number of likely N-dealkylation sites (N-methyl/N-ethyl adjacent to an activating group) is 1. The highest BCUT2D eigenvalue weighted by Gasteiger charge is 2.20. The van der Waals surface area contributed by atoms with E-state index in [9.17, 15) is 9.59 Å². The first-order valence-electron chi connectivity index (χ1n) is 5.86. The number of carbonyl (C=O) groups excluding carboxylic acids is 2. The Balaban J connectivity index is 2.76. The van der Waals surface area contributed by atoms with Gasteiger partial charge in [0.25, 0.3) is 5.91 Å². The van der Waals surface area contributed by atoms with Crippen molar-refractivity contribution >= 4 is 39.5 Å². The lowest BCUT2D eigenvalue weighted by molar-refractivity contribution is -0.122. The lowest BCUT2D eigenvalue weighted by atomic mass is 10.1. The average Bonchev–Trinajstić information content (AvgIpc) is 2.42. The van der Waals surface area contributed by atoms with Crippen LogP contribution in [0.2, 0.25) is 0 Å². The Labute approximate surface area is 125 Å². The molecular weight excluding hydrogens is 328 g/mol. The summed E-state index contributed by atoms with van der Waals surface area (Å²) in [6, 6.07) is 6.64. The zero-order chi connectivity index (χ0) is 14.3. The Morgan fingerprint density at radius 1 is 1.37 bits per heavy atom. The maximum atomic E-state index is 12.1. The van der Waals surface area contributed by atoms with Crippen molar-refractivity contribution < 1.29 is 9.59 Å². The minimum atomic E-state index is -0.503. The van der Waals surface area contributed by atoms with Crippen molar-refractivity contribution in [1.29, 1.82) is 0 Å². The predicted molar refractivity (Wildman–Crippen MR) is 82.5 cm³/mol. The fourth-order valence-electron chi connectivity index (χ4n) is 1.56. The summed E-state index contributed by atoms with van der Waals surface area (Å²) < 4.78 is 0.716. The lowest BCUT2D eigenvalue weighted by Gasteiger charge is -2.17. The molecule has 0 aliphatic rings. The molecule has 0 saturated carbocycles. The number of thioether (sulfide) groups is 1. The molecule has 1 aromatic rings. The third-order valence-corrected chi connectivity index (χ3v) is 3.93. The monoisotopic (exact) mass is 344 g/mol. The molecule has 4 nitrogen and oxygen atoms in total. The average molecular weight is 345 g/mol. The van der Waals surface area contributed by atoms with Crippen LogP contribution in [0.4, 0.5) is 0 Å². The highest BCUT2D eigenvalue weighted by atomic mass is 79.9. The first-order chi connectivity index (χ1) is 9.10. The normalized spacial score (nSPS) is 11.7. The van der Waals surface area contributed by atoms with E-state index in [1.54, 1.807) is 37.0 Å². The molecule has 2 N–H and O–H groups in total. The smallest absolute Gasteiger partial charge is 0.253 e. The molecule has 1 aromatic carbocycles. The molecule has 1 unspecified atom stereocenters. The summed E-state index contributed by atoms with van der Waals surface area (Å²) >= 11 is 4.97. The number of amides is 2. The van der Waals surface area contributed by atoms with Crippen LogP contribution in [0, 0.1) is 0 Å². The zero-order valence-electron chi connectivity index (χ0n) is 10.9. The van der Waals surface area contributed by atoms with Gasteiger partial charge in [-0.25, -0.2) is 0 Å². The predicted octanol–water partition coefficient (Wildman–Crippen LogP) is 2.05. The molecule has 0 spiro atoms. The van der Waals surface area contributed by atoms with Gasteiger partial charge in [-0.1, -0.05) is 12.1 Å². The molecule has 0 heterocycles. The second-order valence-corrected chi connectivity index (χ2v) is 5.74. The molecule has 6 heteroatoms. The molecule has 0 saturated heterocycles. The Morgan fingerprint density at radius 2 is 2.05 bits per heavy atom. The molecule has 1 rings (SSSR count). The Morgan fingerprint density at radius 3 is 2.63 bits per heavy atom. The van der Waals surface area contributed by atoms with Gasteiger partial charge in [-0.3, -0.25) is 9.59 Å². The SMILES string of the molecule is CNC(=O)C(CCSC)NC(=O)c1ccccc1Br. The molecule has 1 atom stereocenters. The van der Waals surface area contributed by atoms with Crippen molar-refractivity contribution in [3.63, 3.8) is 0 Å². The van der Waals surface area contributed by atoms with Crippen LogP contribution in [0.1, 0.15) is 16.8 Å². The number of nitrogens with one attached hydrogen (secondary N) is 2. The van der Waals surface area contributed by atoms with Crippen LogP contribution in [0.5, 0.6) is 0 Å². The molecular formula is C13H17BrN2O2S. The van der Waals surface area contributed by atoms with Crippen LogP contribution in [-0.2, 0) is 4.79 Å². The van der Waals surface area contributed by atoms with E-state index in [1.165, 1.54) is 0 Å². The number of halogens is 1. The van der Waals surface area contributed by atoms with Crippen molar-refractivity contribution in [3.05, 3.63) is 34.3 Å². The van der Waals surface area contributed by atoms with Crippen LogP contribution >= 0.6 is 27.7 Å². The van der Waals surface area contributed by atoms with Crippen LogP contribution in [0.25, 0.3) is 0 Å². The van der Waals surface area contributed by atoms with Crippen LogP contribution in [-0.4, -0.2) is 36.9 Å². The fourth-order valence-corrected chi connectivity index (χ4v) is 2.50. The molecule has 0 aromatic heterocycles. The summed E-state index contributed by atoms with van der Waals surface area (Å²) in [5, 5.41) is 5.34. The molecule has 0 aliphatic carbocycles. The van der Waals surface area contributed by atoms with E-state index in [-0.39, 0.29) is 11.8 Å². The third-order valence-electron chi connectivity index (χ3n) is 2.60. The Kier molecular flexibility index (Phi) is 6.94. The summed E-state index contributed by atoms with van der Waals surface area (Å²) in [6.07, 6.45) is 2.58. The van der Waals surface area contributed by atoms with Gasteiger partial charge < -0.3 is 10.6 Å². The number of rotatable bonds is 6.